The highest BCUT2D eigenvalue weighted by Gasteiger charge is 2.22. The molecule has 0 unspecified atom stereocenters. The molecule has 0 radical (unpaired) electrons. The minimum Gasteiger partial charge on any atom is -0.494 e. The first kappa shape index (κ1) is 18.1. The lowest BCUT2D eigenvalue weighted by Crippen LogP contribution is -2.13. The standard InChI is InChI=1S/C22H34O/c1-4-7-8-10-18-11-13-19(14-12-18)20-15-16-22(23-6-3)21(17-20)9-5-2/h4,7,15-19H,5-6,8-14H2,1-3H3/b7-4+. The second-order valence-corrected chi connectivity index (χ2v) is 6.91. The predicted octanol–water partition coefficient (Wildman–Crippen LogP) is 6.67. The van der Waals surface area contributed by atoms with E-state index in [-0.39, 0.29) is 0 Å². The van der Waals surface area contributed by atoms with E-state index in [9.17, 15) is 0 Å². The summed E-state index contributed by atoms with van der Waals surface area (Å²) in [6.45, 7) is 7.20. The SMILES string of the molecule is C/C=C/CCC1CCC(c2ccc(OCC)c(CCC)c2)CC1. The number of allylic oxidation sites excluding steroid dienone is 2. The summed E-state index contributed by atoms with van der Waals surface area (Å²) >= 11 is 0. The van der Waals surface area contributed by atoms with Crippen LogP contribution in [-0.2, 0) is 6.42 Å². The highest BCUT2D eigenvalue weighted by atomic mass is 16.5. The van der Waals surface area contributed by atoms with Crippen LogP contribution in [0.2, 0.25) is 0 Å². The zero-order chi connectivity index (χ0) is 16.5. The summed E-state index contributed by atoms with van der Waals surface area (Å²) in [6.07, 6.45) is 15.0. The summed E-state index contributed by atoms with van der Waals surface area (Å²) in [5.74, 6) is 2.80. The fourth-order valence-corrected chi connectivity index (χ4v) is 3.90. The van der Waals surface area contributed by atoms with Crippen molar-refractivity contribution in [1.82, 2.24) is 0 Å². The lowest BCUT2D eigenvalue weighted by molar-refractivity contribution is 0.311. The summed E-state index contributed by atoms with van der Waals surface area (Å²) in [6, 6.07) is 6.95. The van der Waals surface area contributed by atoms with Crippen LogP contribution in [0.25, 0.3) is 0 Å². The topological polar surface area (TPSA) is 9.23 Å². The first-order chi connectivity index (χ1) is 11.3. The van der Waals surface area contributed by atoms with Crippen molar-refractivity contribution in [3.05, 3.63) is 41.5 Å². The molecule has 1 aliphatic rings. The zero-order valence-corrected chi connectivity index (χ0v) is 15.3. The molecule has 0 spiro atoms. The molecule has 0 N–H and O–H groups in total. The van der Waals surface area contributed by atoms with Crippen molar-refractivity contribution in [3.63, 3.8) is 0 Å². The number of hydrogen-bond donors (Lipinski definition) is 0. The molecule has 23 heavy (non-hydrogen) atoms. The van der Waals surface area contributed by atoms with Crippen LogP contribution in [-0.4, -0.2) is 6.61 Å². The Hall–Kier alpha value is -1.24. The average molecular weight is 315 g/mol. The largest absolute Gasteiger partial charge is 0.494 e. The first-order valence-corrected chi connectivity index (χ1v) is 9.65. The van der Waals surface area contributed by atoms with Gasteiger partial charge in [-0.25, -0.2) is 0 Å². The molecule has 0 bridgehead atoms. The molecule has 1 fully saturated rings. The fraction of sp³-hybridized carbons (Fsp3) is 0.636. The van der Waals surface area contributed by atoms with E-state index in [4.69, 9.17) is 4.74 Å². The molecule has 1 aliphatic carbocycles. The molecule has 0 aliphatic heterocycles. The van der Waals surface area contributed by atoms with Crippen molar-refractivity contribution in [3.8, 4) is 5.75 Å². The predicted molar refractivity (Wildman–Crippen MR) is 100 cm³/mol. The highest BCUT2D eigenvalue weighted by Crippen LogP contribution is 2.38. The average Bonchev–Trinajstić information content (AvgIpc) is 2.58. The Morgan fingerprint density at radius 1 is 1.13 bits per heavy atom. The second-order valence-electron chi connectivity index (χ2n) is 6.91. The third-order valence-corrected chi connectivity index (χ3v) is 5.20. The Morgan fingerprint density at radius 3 is 2.57 bits per heavy atom. The maximum Gasteiger partial charge on any atom is 0.122 e. The van der Waals surface area contributed by atoms with Gasteiger partial charge >= 0.3 is 0 Å². The van der Waals surface area contributed by atoms with Gasteiger partial charge in [-0.1, -0.05) is 37.6 Å². The van der Waals surface area contributed by atoms with Gasteiger partial charge in [0.15, 0.2) is 0 Å². The van der Waals surface area contributed by atoms with Crippen LogP contribution in [0.15, 0.2) is 30.4 Å². The quantitative estimate of drug-likeness (QED) is 0.487. The molecule has 1 aromatic rings. The zero-order valence-electron chi connectivity index (χ0n) is 15.3. The number of ether oxygens (including phenoxy) is 1. The lowest BCUT2D eigenvalue weighted by atomic mass is 9.77. The van der Waals surface area contributed by atoms with Gasteiger partial charge in [-0.2, -0.15) is 0 Å². The van der Waals surface area contributed by atoms with Crippen LogP contribution in [0, 0.1) is 5.92 Å². The van der Waals surface area contributed by atoms with Gasteiger partial charge in [-0.3, -0.25) is 0 Å². The van der Waals surface area contributed by atoms with E-state index in [0.717, 1.165) is 30.6 Å². The summed E-state index contributed by atoms with van der Waals surface area (Å²) in [4.78, 5) is 0. The van der Waals surface area contributed by atoms with Crippen LogP contribution in [0.4, 0.5) is 0 Å². The number of benzene rings is 1. The number of hydrogen-bond acceptors (Lipinski definition) is 1. The van der Waals surface area contributed by atoms with Gasteiger partial charge in [0.05, 0.1) is 6.61 Å². The van der Waals surface area contributed by atoms with Crippen LogP contribution in [0.1, 0.15) is 82.8 Å². The van der Waals surface area contributed by atoms with Crippen molar-refractivity contribution in [2.24, 2.45) is 5.92 Å². The molecule has 1 aromatic carbocycles. The van der Waals surface area contributed by atoms with E-state index in [1.54, 1.807) is 5.56 Å². The Kier molecular flexibility index (Phi) is 7.71. The van der Waals surface area contributed by atoms with Crippen LogP contribution < -0.4 is 4.74 Å². The summed E-state index contributed by atoms with van der Waals surface area (Å²) < 4.78 is 5.80. The van der Waals surface area contributed by atoms with Crippen molar-refractivity contribution in [1.29, 1.82) is 0 Å². The van der Waals surface area contributed by atoms with Gasteiger partial charge in [-0.05, 0) is 87.8 Å². The van der Waals surface area contributed by atoms with Crippen molar-refractivity contribution in [2.75, 3.05) is 6.61 Å². The second kappa shape index (κ2) is 9.80. The van der Waals surface area contributed by atoms with E-state index in [1.807, 2.05) is 0 Å². The summed E-state index contributed by atoms with van der Waals surface area (Å²) in [5.41, 5.74) is 2.95. The van der Waals surface area contributed by atoms with Gasteiger partial charge < -0.3 is 4.74 Å². The van der Waals surface area contributed by atoms with Gasteiger partial charge in [0, 0.05) is 0 Å². The molecule has 0 amide bonds. The number of rotatable bonds is 8. The van der Waals surface area contributed by atoms with E-state index >= 15 is 0 Å². The smallest absolute Gasteiger partial charge is 0.122 e. The van der Waals surface area contributed by atoms with Crippen LogP contribution in [0.3, 0.4) is 0 Å². The Bertz CT molecular complexity index is 481. The van der Waals surface area contributed by atoms with Crippen molar-refractivity contribution >= 4 is 0 Å². The monoisotopic (exact) mass is 314 g/mol. The van der Waals surface area contributed by atoms with Gasteiger partial charge in [0.25, 0.3) is 0 Å². The molecular weight excluding hydrogens is 280 g/mol. The molecule has 1 heteroatoms. The molecule has 0 heterocycles. The molecule has 2 rings (SSSR count). The molecule has 128 valence electrons. The summed E-state index contributed by atoms with van der Waals surface area (Å²) in [7, 11) is 0. The normalized spacial score (nSPS) is 21.7. The minimum absolute atomic E-state index is 0.757. The van der Waals surface area contributed by atoms with E-state index < -0.39 is 0 Å². The Balaban J connectivity index is 1.96. The van der Waals surface area contributed by atoms with E-state index in [2.05, 4.69) is 51.1 Å². The highest BCUT2D eigenvalue weighted by molar-refractivity contribution is 5.39. The van der Waals surface area contributed by atoms with Crippen LogP contribution >= 0.6 is 0 Å². The maximum absolute atomic E-state index is 5.80. The van der Waals surface area contributed by atoms with E-state index in [1.165, 1.54) is 50.5 Å². The number of aryl methyl sites for hydroxylation is 1. The van der Waals surface area contributed by atoms with Gasteiger partial charge in [0.2, 0.25) is 0 Å². The molecule has 0 saturated heterocycles. The lowest BCUT2D eigenvalue weighted by Gasteiger charge is -2.29. The molecule has 1 nitrogen and oxygen atoms in total. The molecule has 1 saturated carbocycles. The Labute approximate surface area is 143 Å². The van der Waals surface area contributed by atoms with Gasteiger partial charge in [0.1, 0.15) is 5.75 Å². The summed E-state index contributed by atoms with van der Waals surface area (Å²) in [5, 5.41) is 0. The van der Waals surface area contributed by atoms with Crippen molar-refractivity contribution < 1.29 is 4.74 Å². The fourth-order valence-electron chi connectivity index (χ4n) is 3.90. The maximum atomic E-state index is 5.80. The molecule has 0 aromatic heterocycles. The first-order valence-electron chi connectivity index (χ1n) is 9.65. The molecular formula is C22H34O. The third kappa shape index (κ3) is 5.41. The Morgan fingerprint density at radius 2 is 1.91 bits per heavy atom. The van der Waals surface area contributed by atoms with Crippen molar-refractivity contribution in [2.45, 2.75) is 78.1 Å². The van der Waals surface area contributed by atoms with Crippen LogP contribution in [0.5, 0.6) is 5.75 Å². The third-order valence-electron chi connectivity index (χ3n) is 5.20. The molecule has 0 atom stereocenters. The van der Waals surface area contributed by atoms with Gasteiger partial charge in [-0.15, -0.1) is 0 Å². The minimum atomic E-state index is 0.757. The van der Waals surface area contributed by atoms with E-state index in [0.29, 0.717) is 0 Å².